The summed E-state index contributed by atoms with van der Waals surface area (Å²) in [5.41, 5.74) is 1.38. The van der Waals surface area contributed by atoms with E-state index in [0.29, 0.717) is 23.1 Å². The molecule has 0 bridgehead atoms. The van der Waals surface area contributed by atoms with Crippen LogP contribution in [-0.2, 0) is 17.1 Å². The molecule has 1 amide bonds. The van der Waals surface area contributed by atoms with Crippen LogP contribution < -0.4 is 14.8 Å². The molecule has 0 aliphatic heterocycles. The topological polar surface area (TPSA) is 60.5 Å². The van der Waals surface area contributed by atoms with Gasteiger partial charge in [0.2, 0.25) is 5.91 Å². The van der Waals surface area contributed by atoms with Crippen molar-refractivity contribution < 1.29 is 14.3 Å². The number of halogens is 1. The van der Waals surface area contributed by atoms with Gasteiger partial charge in [0.05, 0.1) is 37.9 Å². The Bertz CT molecular complexity index is 630. The Morgan fingerprint density at radius 1 is 1.38 bits per heavy atom. The van der Waals surface area contributed by atoms with Gasteiger partial charge in [-0.15, -0.1) is 22.9 Å². The van der Waals surface area contributed by atoms with Crippen LogP contribution in [0.5, 0.6) is 11.5 Å². The Morgan fingerprint density at radius 2 is 2.19 bits per heavy atom. The number of hydrogen-bond acceptors (Lipinski definition) is 5. The number of methoxy groups -OCH3 is 2. The number of benzene rings is 1. The average molecular weight is 327 g/mol. The Hall–Kier alpha value is -1.79. The van der Waals surface area contributed by atoms with Crippen LogP contribution in [0.2, 0.25) is 0 Å². The summed E-state index contributed by atoms with van der Waals surface area (Å²) in [6.07, 6.45) is 0.205. The molecule has 1 aromatic carbocycles. The average Bonchev–Trinajstić information content (AvgIpc) is 2.95. The summed E-state index contributed by atoms with van der Waals surface area (Å²) in [6, 6.07) is 5.21. The lowest BCUT2D eigenvalue weighted by Gasteiger charge is -2.11. The van der Waals surface area contributed by atoms with E-state index >= 15 is 0 Å². The second-order valence-corrected chi connectivity index (χ2v) is 5.37. The second kappa shape index (κ2) is 7.28. The number of thiazole rings is 1. The first-order valence-electron chi connectivity index (χ1n) is 6.17. The van der Waals surface area contributed by atoms with Crippen LogP contribution in [0.25, 0.3) is 0 Å². The van der Waals surface area contributed by atoms with E-state index in [1.807, 2.05) is 5.38 Å². The molecule has 0 spiro atoms. The maximum atomic E-state index is 12.0. The number of alkyl halides is 1. The molecule has 0 atom stereocenters. The Labute approximate surface area is 131 Å². The minimum atomic E-state index is -0.158. The maximum Gasteiger partial charge on any atom is 0.231 e. The summed E-state index contributed by atoms with van der Waals surface area (Å²) in [5, 5.41) is 5.39. The van der Waals surface area contributed by atoms with Crippen LogP contribution in [0.4, 0.5) is 5.69 Å². The fourth-order valence-electron chi connectivity index (χ4n) is 1.73. The summed E-state index contributed by atoms with van der Waals surface area (Å²) in [4.78, 5) is 16.3. The Morgan fingerprint density at radius 3 is 2.81 bits per heavy atom. The molecule has 0 unspecified atom stereocenters. The lowest BCUT2D eigenvalue weighted by atomic mass is 10.2. The molecule has 7 heteroatoms. The van der Waals surface area contributed by atoms with Crippen molar-refractivity contribution in [2.45, 2.75) is 12.3 Å². The predicted molar refractivity (Wildman–Crippen MR) is 83.6 cm³/mol. The van der Waals surface area contributed by atoms with E-state index in [1.54, 1.807) is 25.3 Å². The van der Waals surface area contributed by atoms with Crippen molar-refractivity contribution in [3.63, 3.8) is 0 Å². The van der Waals surface area contributed by atoms with Gasteiger partial charge in [-0.25, -0.2) is 4.98 Å². The highest BCUT2D eigenvalue weighted by Crippen LogP contribution is 2.29. The third-order valence-electron chi connectivity index (χ3n) is 2.73. The van der Waals surface area contributed by atoms with E-state index in [-0.39, 0.29) is 12.3 Å². The highest BCUT2D eigenvalue weighted by molar-refractivity contribution is 7.09. The van der Waals surface area contributed by atoms with Gasteiger partial charge in [0, 0.05) is 11.4 Å². The van der Waals surface area contributed by atoms with Crippen LogP contribution >= 0.6 is 22.9 Å². The summed E-state index contributed by atoms with van der Waals surface area (Å²) < 4.78 is 10.3. The van der Waals surface area contributed by atoms with Crippen LogP contribution in [0.1, 0.15) is 10.7 Å². The zero-order chi connectivity index (χ0) is 15.2. The molecule has 1 heterocycles. The monoisotopic (exact) mass is 326 g/mol. The SMILES string of the molecule is COc1ccc(NC(=O)Cc2nc(CCl)cs2)c(OC)c1. The first-order chi connectivity index (χ1) is 10.2. The highest BCUT2D eigenvalue weighted by atomic mass is 35.5. The normalized spacial score (nSPS) is 10.2. The molecule has 0 saturated heterocycles. The van der Waals surface area contributed by atoms with Crippen LogP contribution in [0.15, 0.2) is 23.6 Å². The first kappa shape index (κ1) is 15.6. The van der Waals surface area contributed by atoms with Gasteiger partial charge in [-0.1, -0.05) is 0 Å². The molecule has 0 aliphatic rings. The summed E-state index contributed by atoms with van der Waals surface area (Å²) in [6.45, 7) is 0. The molecule has 2 rings (SSSR count). The van der Waals surface area contributed by atoms with Crippen molar-refractivity contribution in [2.75, 3.05) is 19.5 Å². The van der Waals surface area contributed by atoms with Gasteiger partial charge in [0.1, 0.15) is 16.5 Å². The van der Waals surface area contributed by atoms with Gasteiger partial charge >= 0.3 is 0 Å². The number of rotatable bonds is 6. The zero-order valence-electron chi connectivity index (χ0n) is 11.7. The molecular weight excluding hydrogens is 312 g/mol. The smallest absolute Gasteiger partial charge is 0.231 e. The summed E-state index contributed by atoms with van der Waals surface area (Å²) in [5.74, 6) is 1.40. The number of aromatic nitrogens is 1. The fraction of sp³-hybridized carbons (Fsp3) is 0.286. The van der Waals surface area contributed by atoms with Crippen LogP contribution in [-0.4, -0.2) is 25.1 Å². The summed E-state index contributed by atoms with van der Waals surface area (Å²) >= 11 is 7.11. The minimum absolute atomic E-state index is 0.158. The lowest BCUT2D eigenvalue weighted by Crippen LogP contribution is -2.15. The number of nitrogens with zero attached hydrogens (tertiary/aromatic N) is 1. The number of carbonyl (C=O) groups excluding carboxylic acids is 1. The van der Waals surface area contributed by atoms with Gasteiger partial charge in [0.15, 0.2) is 0 Å². The van der Waals surface area contributed by atoms with E-state index in [9.17, 15) is 4.79 Å². The van der Waals surface area contributed by atoms with Crippen molar-refractivity contribution in [1.82, 2.24) is 4.98 Å². The Kier molecular flexibility index (Phi) is 5.41. The molecule has 5 nitrogen and oxygen atoms in total. The zero-order valence-corrected chi connectivity index (χ0v) is 13.3. The summed E-state index contributed by atoms with van der Waals surface area (Å²) in [7, 11) is 3.11. The van der Waals surface area contributed by atoms with Gasteiger partial charge < -0.3 is 14.8 Å². The van der Waals surface area contributed by atoms with Crippen LogP contribution in [0, 0.1) is 0 Å². The van der Waals surface area contributed by atoms with Crippen molar-refractivity contribution in [3.05, 3.63) is 34.3 Å². The number of anilines is 1. The van der Waals surface area contributed by atoms with Gasteiger partial charge in [-0.2, -0.15) is 0 Å². The minimum Gasteiger partial charge on any atom is -0.497 e. The number of ether oxygens (including phenoxy) is 2. The number of hydrogen-bond donors (Lipinski definition) is 1. The van der Waals surface area contributed by atoms with Crippen LogP contribution in [0.3, 0.4) is 0 Å². The molecular formula is C14H15ClN2O3S. The van der Waals surface area contributed by atoms with Crippen molar-refractivity contribution in [2.24, 2.45) is 0 Å². The molecule has 1 N–H and O–H groups in total. The standard InChI is InChI=1S/C14H15ClN2O3S/c1-19-10-3-4-11(12(5-10)20-2)17-13(18)6-14-16-9(7-15)8-21-14/h3-5,8H,6-7H2,1-2H3,(H,17,18). The molecule has 0 aliphatic carbocycles. The quantitative estimate of drug-likeness (QED) is 0.829. The fourth-order valence-corrected chi connectivity index (χ4v) is 2.75. The number of carbonyl (C=O) groups is 1. The molecule has 2 aromatic rings. The molecule has 0 radical (unpaired) electrons. The largest absolute Gasteiger partial charge is 0.497 e. The third kappa shape index (κ3) is 4.09. The second-order valence-electron chi connectivity index (χ2n) is 4.16. The Balaban J connectivity index is 2.05. The van der Waals surface area contributed by atoms with Crippen molar-refractivity contribution in [1.29, 1.82) is 0 Å². The third-order valence-corrected chi connectivity index (χ3v) is 3.90. The van der Waals surface area contributed by atoms with Crippen molar-refractivity contribution in [3.8, 4) is 11.5 Å². The molecule has 21 heavy (non-hydrogen) atoms. The van der Waals surface area contributed by atoms with E-state index in [4.69, 9.17) is 21.1 Å². The predicted octanol–water partition coefficient (Wildman–Crippen LogP) is 3.08. The van der Waals surface area contributed by atoms with Gasteiger partial charge in [-0.3, -0.25) is 4.79 Å². The van der Waals surface area contributed by atoms with Crippen molar-refractivity contribution >= 4 is 34.5 Å². The maximum absolute atomic E-state index is 12.0. The van der Waals surface area contributed by atoms with Gasteiger partial charge in [0.25, 0.3) is 0 Å². The first-order valence-corrected chi connectivity index (χ1v) is 7.58. The lowest BCUT2D eigenvalue weighted by molar-refractivity contribution is -0.115. The van der Waals surface area contributed by atoms with Gasteiger partial charge in [-0.05, 0) is 12.1 Å². The molecule has 1 aromatic heterocycles. The molecule has 0 fully saturated rings. The van der Waals surface area contributed by atoms with E-state index in [0.717, 1.165) is 10.7 Å². The van der Waals surface area contributed by atoms with E-state index in [2.05, 4.69) is 10.3 Å². The molecule has 112 valence electrons. The molecule has 0 saturated carbocycles. The number of amides is 1. The highest BCUT2D eigenvalue weighted by Gasteiger charge is 2.11. The number of nitrogens with one attached hydrogen (secondary N) is 1. The van der Waals surface area contributed by atoms with E-state index in [1.165, 1.54) is 18.4 Å². The van der Waals surface area contributed by atoms with E-state index < -0.39 is 0 Å².